The SMILES string of the molecule is CCCCCC(=O)N(CC)Oc1ccc2[nH]cc(CCN)c2c1. The van der Waals surface area contributed by atoms with Crippen molar-refractivity contribution in [2.75, 3.05) is 13.1 Å². The Morgan fingerprint density at radius 1 is 1.30 bits per heavy atom. The van der Waals surface area contributed by atoms with E-state index >= 15 is 0 Å². The molecule has 0 unspecified atom stereocenters. The lowest BCUT2D eigenvalue weighted by molar-refractivity contribution is -0.156. The van der Waals surface area contributed by atoms with E-state index in [4.69, 9.17) is 10.6 Å². The van der Waals surface area contributed by atoms with Gasteiger partial charge < -0.3 is 15.6 Å². The van der Waals surface area contributed by atoms with Gasteiger partial charge in [0.1, 0.15) is 0 Å². The first kappa shape index (κ1) is 17.3. The second kappa shape index (κ2) is 8.58. The van der Waals surface area contributed by atoms with Crippen LogP contribution in [0.25, 0.3) is 10.9 Å². The molecule has 23 heavy (non-hydrogen) atoms. The monoisotopic (exact) mass is 317 g/mol. The Morgan fingerprint density at radius 3 is 2.83 bits per heavy atom. The minimum absolute atomic E-state index is 0.0392. The van der Waals surface area contributed by atoms with Crippen molar-refractivity contribution in [2.45, 2.75) is 46.0 Å². The number of nitrogens with two attached hydrogens (primary N) is 1. The summed E-state index contributed by atoms with van der Waals surface area (Å²) in [5.74, 6) is 0.721. The van der Waals surface area contributed by atoms with Gasteiger partial charge in [0.05, 0.1) is 6.54 Å². The molecule has 0 aliphatic rings. The van der Waals surface area contributed by atoms with Crippen molar-refractivity contribution >= 4 is 16.8 Å². The highest BCUT2D eigenvalue weighted by Gasteiger charge is 2.14. The number of aromatic nitrogens is 1. The molecule has 1 heterocycles. The average molecular weight is 317 g/mol. The van der Waals surface area contributed by atoms with Crippen LogP contribution in [0.3, 0.4) is 0 Å². The zero-order valence-electron chi connectivity index (χ0n) is 14.1. The highest BCUT2D eigenvalue weighted by atomic mass is 16.7. The number of aromatic amines is 1. The molecule has 0 saturated carbocycles. The summed E-state index contributed by atoms with van der Waals surface area (Å²) in [5, 5.41) is 2.55. The molecule has 0 saturated heterocycles. The Morgan fingerprint density at radius 2 is 2.13 bits per heavy atom. The molecule has 0 atom stereocenters. The fourth-order valence-electron chi connectivity index (χ4n) is 2.65. The number of nitrogens with one attached hydrogen (secondary N) is 1. The highest BCUT2D eigenvalue weighted by Crippen LogP contribution is 2.24. The number of benzene rings is 1. The summed E-state index contributed by atoms with van der Waals surface area (Å²) in [6, 6.07) is 5.83. The van der Waals surface area contributed by atoms with Crippen molar-refractivity contribution in [1.29, 1.82) is 0 Å². The Bertz CT molecular complexity index is 636. The number of carbonyl (C=O) groups is 1. The Kier molecular flexibility index (Phi) is 6.47. The first-order valence-corrected chi connectivity index (χ1v) is 8.48. The van der Waals surface area contributed by atoms with Crippen LogP contribution >= 0.6 is 0 Å². The molecule has 0 aliphatic carbocycles. The van der Waals surface area contributed by atoms with Crippen LogP contribution in [0.2, 0.25) is 0 Å². The molecule has 0 radical (unpaired) electrons. The third-order valence-electron chi connectivity index (χ3n) is 3.93. The van der Waals surface area contributed by atoms with Gasteiger partial charge in [0, 0.05) is 23.5 Å². The van der Waals surface area contributed by atoms with E-state index in [1.807, 2.05) is 31.3 Å². The summed E-state index contributed by atoms with van der Waals surface area (Å²) in [4.78, 5) is 21.3. The summed E-state index contributed by atoms with van der Waals surface area (Å²) in [7, 11) is 0. The van der Waals surface area contributed by atoms with Crippen LogP contribution in [0.15, 0.2) is 24.4 Å². The van der Waals surface area contributed by atoms with Gasteiger partial charge in [-0.05, 0) is 50.1 Å². The maximum Gasteiger partial charge on any atom is 0.255 e. The third-order valence-corrected chi connectivity index (χ3v) is 3.93. The van der Waals surface area contributed by atoms with Gasteiger partial charge in [-0.1, -0.05) is 19.8 Å². The maximum atomic E-state index is 12.2. The van der Waals surface area contributed by atoms with E-state index in [0.29, 0.717) is 25.3 Å². The largest absolute Gasteiger partial charge is 0.377 e. The first-order chi connectivity index (χ1) is 11.2. The standard InChI is InChI=1S/C18H27N3O2/c1-3-5-6-7-18(22)21(4-2)23-15-8-9-17-16(12-15)14(10-11-19)13-20-17/h8-9,12-13,20H,3-7,10-11,19H2,1-2H3. The number of hydrogen-bond acceptors (Lipinski definition) is 3. The summed E-state index contributed by atoms with van der Waals surface area (Å²) in [6.45, 7) is 5.19. The van der Waals surface area contributed by atoms with Gasteiger partial charge in [-0.25, -0.2) is 0 Å². The molecule has 2 aromatic rings. The fourth-order valence-corrected chi connectivity index (χ4v) is 2.65. The minimum Gasteiger partial charge on any atom is -0.377 e. The van der Waals surface area contributed by atoms with Crippen LogP contribution < -0.4 is 10.6 Å². The normalized spacial score (nSPS) is 10.9. The highest BCUT2D eigenvalue weighted by molar-refractivity contribution is 5.84. The fraction of sp³-hybridized carbons (Fsp3) is 0.500. The van der Waals surface area contributed by atoms with Crippen LogP contribution in [0.1, 0.15) is 45.1 Å². The number of fused-ring (bicyclic) bond motifs is 1. The minimum atomic E-state index is 0.0392. The molecular formula is C18H27N3O2. The second-order valence-corrected chi connectivity index (χ2v) is 5.70. The number of hydroxylamine groups is 2. The number of nitrogens with zero attached hydrogens (tertiary/aromatic N) is 1. The van der Waals surface area contributed by atoms with E-state index in [-0.39, 0.29) is 5.91 Å². The van der Waals surface area contributed by atoms with E-state index in [1.165, 1.54) is 10.6 Å². The molecule has 5 nitrogen and oxygen atoms in total. The molecule has 0 fully saturated rings. The summed E-state index contributed by atoms with van der Waals surface area (Å²) >= 11 is 0. The van der Waals surface area contributed by atoms with Crippen LogP contribution in [0.5, 0.6) is 5.75 Å². The van der Waals surface area contributed by atoms with E-state index in [1.54, 1.807) is 0 Å². The lowest BCUT2D eigenvalue weighted by atomic mass is 10.1. The Labute approximate surface area is 137 Å². The van der Waals surface area contributed by atoms with Gasteiger partial charge >= 0.3 is 0 Å². The van der Waals surface area contributed by atoms with Crippen LogP contribution in [-0.4, -0.2) is 29.0 Å². The van der Waals surface area contributed by atoms with Gasteiger partial charge in [0.25, 0.3) is 5.91 Å². The quantitative estimate of drug-likeness (QED) is 0.550. The summed E-state index contributed by atoms with van der Waals surface area (Å²) in [5.41, 5.74) is 7.88. The molecule has 3 N–H and O–H groups in total. The number of amides is 1. The van der Waals surface area contributed by atoms with Gasteiger partial charge in [-0.15, -0.1) is 0 Å². The van der Waals surface area contributed by atoms with Gasteiger partial charge in [-0.3, -0.25) is 4.79 Å². The topological polar surface area (TPSA) is 71.3 Å². The number of hydrogen-bond donors (Lipinski definition) is 2. The molecule has 1 aromatic heterocycles. The molecule has 1 amide bonds. The smallest absolute Gasteiger partial charge is 0.255 e. The molecule has 126 valence electrons. The summed E-state index contributed by atoms with van der Waals surface area (Å²) in [6.07, 6.45) is 6.42. The summed E-state index contributed by atoms with van der Waals surface area (Å²) < 4.78 is 0. The van der Waals surface area contributed by atoms with E-state index in [2.05, 4.69) is 11.9 Å². The molecular weight excluding hydrogens is 290 g/mol. The molecule has 0 spiro atoms. The Hall–Kier alpha value is -2.01. The lowest BCUT2D eigenvalue weighted by Gasteiger charge is -2.21. The lowest BCUT2D eigenvalue weighted by Crippen LogP contribution is -2.33. The first-order valence-electron chi connectivity index (χ1n) is 8.48. The predicted octanol–water partition coefficient (Wildman–Crippen LogP) is 3.39. The molecule has 1 aromatic carbocycles. The maximum absolute atomic E-state index is 12.2. The predicted molar refractivity (Wildman–Crippen MR) is 93.2 cm³/mol. The van der Waals surface area contributed by atoms with Crippen molar-refractivity contribution in [2.24, 2.45) is 5.73 Å². The zero-order chi connectivity index (χ0) is 16.7. The van der Waals surface area contributed by atoms with Crippen LogP contribution in [0.4, 0.5) is 0 Å². The third kappa shape index (κ3) is 4.48. The second-order valence-electron chi connectivity index (χ2n) is 5.70. The number of unbranched alkanes of at least 4 members (excludes halogenated alkanes) is 2. The van der Waals surface area contributed by atoms with Crippen molar-refractivity contribution in [3.8, 4) is 5.75 Å². The van der Waals surface area contributed by atoms with Crippen molar-refractivity contribution < 1.29 is 9.63 Å². The van der Waals surface area contributed by atoms with Crippen LogP contribution in [0, 0.1) is 0 Å². The van der Waals surface area contributed by atoms with Gasteiger partial charge in [0.2, 0.25) is 0 Å². The molecule has 2 rings (SSSR count). The van der Waals surface area contributed by atoms with Gasteiger partial charge in [0.15, 0.2) is 5.75 Å². The number of H-pyrrole nitrogens is 1. The van der Waals surface area contributed by atoms with E-state index in [0.717, 1.165) is 36.6 Å². The van der Waals surface area contributed by atoms with Crippen molar-refractivity contribution in [3.05, 3.63) is 30.0 Å². The molecule has 5 heteroatoms. The molecule has 0 aliphatic heterocycles. The number of carbonyl (C=O) groups excluding carboxylic acids is 1. The van der Waals surface area contributed by atoms with Crippen LogP contribution in [-0.2, 0) is 11.2 Å². The molecule has 0 bridgehead atoms. The Balaban J connectivity index is 2.09. The van der Waals surface area contributed by atoms with Gasteiger partial charge in [-0.2, -0.15) is 5.06 Å². The zero-order valence-corrected chi connectivity index (χ0v) is 14.1. The van der Waals surface area contributed by atoms with Crippen molar-refractivity contribution in [3.63, 3.8) is 0 Å². The van der Waals surface area contributed by atoms with Crippen molar-refractivity contribution in [1.82, 2.24) is 10.0 Å². The number of rotatable bonds is 9. The average Bonchev–Trinajstić information content (AvgIpc) is 2.95. The van der Waals surface area contributed by atoms with E-state index < -0.39 is 0 Å². The van der Waals surface area contributed by atoms with E-state index in [9.17, 15) is 4.79 Å².